The lowest BCUT2D eigenvalue weighted by molar-refractivity contribution is 0.507. The molecule has 3 aromatic rings. The van der Waals surface area contributed by atoms with Gasteiger partial charge in [-0.15, -0.1) is 0 Å². The van der Waals surface area contributed by atoms with Gasteiger partial charge in [0.15, 0.2) is 0 Å². The molecule has 3 N–H and O–H groups in total. The van der Waals surface area contributed by atoms with Gasteiger partial charge < -0.3 is 19.4 Å². The van der Waals surface area contributed by atoms with Gasteiger partial charge in [0.1, 0.15) is 22.2 Å². The normalized spacial score (nSPS) is 12.9. The molecule has 130 valence electrons. The number of nitrogens with zero attached hydrogens (tertiary/aromatic N) is 1. The lowest BCUT2D eigenvalue weighted by Gasteiger charge is -1.95. The summed E-state index contributed by atoms with van der Waals surface area (Å²) in [5.74, 6) is 1.34. The third-order valence-electron chi connectivity index (χ3n) is 3.84. The lowest BCUT2D eigenvalue weighted by atomic mass is 10.2. The summed E-state index contributed by atoms with van der Waals surface area (Å²) < 4.78 is 5.54. The van der Waals surface area contributed by atoms with Gasteiger partial charge in [-0.3, -0.25) is 9.59 Å². The number of aryl methyl sites for hydroxylation is 2. The Morgan fingerprint density at radius 1 is 1.08 bits per heavy atom. The number of nitrogens with one attached hydrogen (secondary N) is 3. The van der Waals surface area contributed by atoms with E-state index in [-0.39, 0.29) is 10.7 Å². The number of hydrogen-bond acceptors (Lipinski definition) is 4. The lowest BCUT2D eigenvalue weighted by Crippen LogP contribution is -2.46. The molecule has 0 amide bonds. The Morgan fingerprint density at radius 2 is 1.80 bits per heavy atom. The number of hydrogen-bond donors (Lipinski definition) is 3. The molecular weight excluding hydrogens is 320 g/mol. The van der Waals surface area contributed by atoms with Crippen LogP contribution in [0.5, 0.6) is 0 Å². The van der Waals surface area contributed by atoms with Gasteiger partial charge in [-0.2, -0.15) is 0 Å². The molecule has 0 aliphatic rings. The molecule has 7 nitrogen and oxygen atoms in total. The minimum absolute atomic E-state index is 0.148. The highest BCUT2D eigenvalue weighted by atomic mass is 16.3. The van der Waals surface area contributed by atoms with Gasteiger partial charge in [-0.1, -0.05) is 20.3 Å². The number of rotatable bonds is 5. The van der Waals surface area contributed by atoms with E-state index in [0.29, 0.717) is 11.5 Å². The average molecular weight is 340 g/mol. The van der Waals surface area contributed by atoms with Crippen LogP contribution in [0, 0.1) is 0 Å². The number of aromatic amines is 3. The maximum Gasteiger partial charge on any atom is 0.272 e. The monoisotopic (exact) mass is 340 g/mol. The number of imidazole rings is 1. The van der Waals surface area contributed by atoms with Crippen molar-refractivity contribution < 1.29 is 4.42 Å². The Labute approximate surface area is 143 Å². The van der Waals surface area contributed by atoms with Crippen molar-refractivity contribution in [2.24, 2.45) is 0 Å². The smallest absolute Gasteiger partial charge is 0.272 e. The summed E-state index contributed by atoms with van der Waals surface area (Å²) in [5.41, 5.74) is 0.797. The molecule has 3 aromatic heterocycles. The zero-order valence-electron chi connectivity index (χ0n) is 14.2. The van der Waals surface area contributed by atoms with Crippen molar-refractivity contribution in [3.63, 3.8) is 0 Å². The van der Waals surface area contributed by atoms with E-state index in [2.05, 4.69) is 26.9 Å². The van der Waals surface area contributed by atoms with Crippen molar-refractivity contribution in [2.45, 2.75) is 33.1 Å². The summed E-state index contributed by atoms with van der Waals surface area (Å²) in [7, 11) is 0. The molecule has 0 spiro atoms. The van der Waals surface area contributed by atoms with Crippen LogP contribution in [0.15, 0.2) is 32.5 Å². The Kier molecular flexibility index (Phi) is 4.83. The van der Waals surface area contributed by atoms with Gasteiger partial charge in [0.25, 0.3) is 11.1 Å². The van der Waals surface area contributed by atoms with E-state index < -0.39 is 11.1 Å². The second kappa shape index (κ2) is 7.21. The van der Waals surface area contributed by atoms with E-state index in [1.165, 1.54) is 6.08 Å². The molecule has 0 saturated carbocycles. The Bertz CT molecular complexity index is 1100. The first kappa shape index (κ1) is 16.8. The fourth-order valence-electron chi connectivity index (χ4n) is 2.54. The van der Waals surface area contributed by atoms with Crippen LogP contribution in [-0.4, -0.2) is 19.9 Å². The second-order valence-corrected chi connectivity index (χ2v) is 5.70. The fraction of sp³-hybridized carbons (Fsp3) is 0.278. The van der Waals surface area contributed by atoms with Crippen LogP contribution < -0.4 is 21.8 Å². The first-order valence-electron chi connectivity index (χ1n) is 8.27. The topological polar surface area (TPSA) is 108 Å². The first-order valence-corrected chi connectivity index (χ1v) is 8.27. The van der Waals surface area contributed by atoms with E-state index >= 15 is 0 Å². The average Bonchev–Trinajstić information content (AvgIpc) is 3.22. The van der Waals surface area contributed by atoms with Gasteiger partial charge in [-0.05, 0) is 24.6 Å². The fourth-order valence-corrected chi connectivity index (χ4v) is 2.54. The molecule has 25 heavy (non-hydrogen) atoms. The van der Waals surface area contributed by atoms with Gasteiger partial charge >= 0.3 is 0 Å². The quantitative estimate of drug-likeness (QED) is 0.630. The van der Waals surface area contributed by atoms with Gasteiger partial charge in [-0.25, -0.2) is 4.98 Å². The van der Waals surface area contributed by atoms with Gasteiger partial charge in [0.05, 0.1) is 12.0 Å². The Hall–Kier alpha value is -3.09. The zero-order chi connectivity index (χ0) is 17.8. The molecule has 0 radical (unpaired) electrons. The Balaban J connectivity index is 2.06. The van der Waals surface area contributed by atoms with Crippen molar-refractivity contribution in [3.8, 4) is 0 Å². The maximum absolute atomic E-state index is 12.3. The minimum atomic E-state index is -0.395. The van der Waals surface area contributed by atoms with E-state index in [1.807, 2.05) is 13.0 Å². The standard InChI is InChI=1S/C18H20N4O3/c1-3-5-13-14(20-10-19-13)9-16-18(24)21-15(17(23)22-16)8-12-7-6-11(4-2)25-12/h6-10H,3-5H2,1-2H3,(H,19,20)(H,21,24)(H,22,23)/b15-8-,16-9-. The van der Waals surface area contributed by atoms with E-state index in [9.17, 15) is 9.59 Å². The molecule has 0 bridgehead atoms. The van der Waals surface area contributed by atoms with E-state index in [4.69, 9.17) is 4.42 Å². The van der Waals surface area contributed by atoms with Crippen LogP contribution in [0.25, 0.3) is 12.2 Å². The van der Waals surface area contributed by atoms with Crippen LogP contribution in [0.4, 0.5) is 0 Å². The van der Waals surface area contributed by atoms with Crippen LogP contribution in [0.2, 0.25) is 0 Å². The molecule has 0 aliphatic heterocycles. The molecule has 0 aliphatic carbocycles. The molecule has 0 saturated heterocycles. The largest absolute Gasteiger partial charge is 0.462 e. The van der Waals surface area contributed by atoms with Crippen LogP contribution in [0.3, 0.4) is 0 Å². The van der Waals surface area contributed by atoms with Crippen LogP contribution >= 0.6 is 0 Å². The molecule has 0 unspecified atom stereocenters. The van der Waals surface area contributed by atoms with E-state index in [0.717, 1.165) is 30.7 Å². The molecule has 3 rings (SSSR count). The summed E-state index contributed by atoms with van der Waals surface area (Å²) in [5, 5.41) is 0.315. The highest BCUT2D eigenvalue weighted by Crippen LogP contribution is 2.08. The minimum Gasteiger partial charge on any atom is -0.462 e. The summed E-state index contributed by atoms with van der Waals surface area (Å²) in [6.07, 6.45) is 7.20. The number of aromatic nitrogens is 4. The van der Waals surface area contributed by atoms with Crippen molar-refractivity contribution in [1.29, 1.82) is 0 Å². The SMILES string of the molecule is CCCc1[nH]cnc1/C=c1\[nH]c(=O)/c(=C/c2ccc(CC)o2)[nH]c1=O. The van der Waals surface area contributed by atoms with Crippen molar-refractivity contribution in [3.05, 3.63) is 72.8 Å². The Morgan fingerprint density at radius 3 is 2.44 bits per heavy atom. The van der Waals surface area contributed by atoms with Crippen molar-refractivity contribution >= 4 is 12.2 Å². The van der Waals surface area contributed by atoms with Crippen LogP contribution in [0.1, 0.15) is 43.2 Å². The second-order valence-electron chi connectivity index (χ2n) is 5.70. The third kappa shape index (κ3) is 3.71. The molecule has 7 heteroatoms. The van der Waals surface area contributed by atoms with Gasteiger partial charge in [0.2, 0.25) is 0 Å². The predicted molar refractivity (Wildman–Crippen MR) is 94.7 cm³/mol. The first-order chi connectivity index (χ1) is 12.1. The van der Waals surface area contributed by atoms with Gasteiger partial charge in [0, 0.05) is 18.2 Å². The molecule has 3 heterocycles. The van der Waals surface area contributed by atoms with Crippen molar-refractivity contribution in [2.75, 3.05) is 0 Å². The predicted octanol–water partition coefficient (Wildman–Crippen LogP) is 0.552. The summed E-state index contributed by atoms with van der Waals surface area (Å²) in [6.45, 7) is 4.03. The molecule has 0 fully saturated rings. The summed E-state index contributed by atoms with van der Waals surface area (Å²) >= 11 is 0. The highest BCUT2D eigenvalue weighted by Gasteiger charge is 2.04. The van der Waals surface area contributed by atoms with E-state index in [1.54, 1.807) is 18.5 Å². The molecule has 0 aromatic carbocycles. The summed E-state index contributed by atoms with van der Waals surface area (Å²) in [6, 6.07) is 3.60. The third-order valence-corrected chi connectivity index (χ3v) is 3.84. The maximum atomic E-state index is 12.3. The van der Waals surface area contributed by atoms with Crippen LogP contribution in [-0.2, 0) is 12.8 Å². The summed E-state index contributed by atoms with van der Waals surface area (Å²) in [4.78, 5) is 37.0. The van der Waals surface area contributed by atoms with Crippen molar-refractivity contribution in [1.82, 2.24) is 19.9 Å². The molecule has 0 atom stereocenters. The highest BCUT2D eigenvalue weighted by molar-refractivity contribution is 5.46. The number of furan rings is 1. The zero-order valence-corrected chi connectivity index (χ0v) is 14.2. The molecular formula is C18H20N4O3. The number of H-pyrrole nitrogens is 3.